The molecule has 2 atom stereocenters. The Morgan fingerprint density at radius 1 is 1.42 bits per heavy atom. The van der Waals surface area contributed by atoms with Crippen LogP contribution in [0.2, 0.25) is 0 Å². The van der Waals surface area contributed by atoms with Gasteiger partial charge in [0.2, 0.25) is 0 Å². The first-order chi connectivity index (χ1) is 11.4. The molecule has 0 saturated carbocycles. The van der Waals surface area contributed by atoms with Gasteiger partial charge in [-0.05, 0) is 38.0 Å². The number of nitrogens with zero attached hydrogens (tertiary/aromatic N) is 2. The van der Waals surface area contributed by atoms with Crippen LogP contribution in [-0.4, -0.2) is 50.2 Å². The first kappa shape index (κ1) is 19.1. The molecule has 1 heterocycles. The highest BCUT2D eigenvalue weighted by Gasteiger charge is 2.31. The van der Waals surface area contributed by atoms with Crippen molar-refractivity contribution in [1.29, 1.82) is 0 Å². The third-order valence-electron chi connectivity index (χ3n) is 4.61. The molecule has 2 N–H and O–H groups in total. The number of benzene rings is 1. The summed E-state index contributed by atoms with van der Waals surface area (Å²) in [5.41, 5.74) is 1.10. The molecular formula is C18H29BrN4O. The molecule has 1 aliphatic rings. The van der Waals surface area contributed by atoms with E-state index in [4.69, 9.17) is 4.74 Å². The Labute approximate surface area is 154 Å². The Hall–Kier alpha value is -1.27. The fourth-order valence-electron chi connectivity index (χ4n) is 3.05. The van der Waals surface area contributed by atoms with Crippen LogP contribution >= 0.6 is 15.9 Å². The average Bonchev–Trinajstić information content (AvgIpc) is 2.92. The second kappa shape index (κ2) is 8.72. The van der Waals surface area contributed by atoms with E-state index in [1.165, 1.54) is 0 Å². The molecule has 1 fully saturated rings. The number of aliphatic imine (C=N–C) groups is 1. The quantitative estimate of drug-likeness (QED) is 0.593. The fourth-order valence-corrected chi connectivity index (χ4v) is 3.46. The van der Waals surface area contributed by atoms with E-state index in [-0.39, 0.29) is 0 Å². The normalized spacial score (nSPS) is 22.0. The van der Waals surface area contributed by atoms with Crippen molar-refractivity contribution in [2.75, 3.05) is 27.2 Å². The summed E-state index contributed by atoms with van der Waals surface area (Å²) in [7, 11) is 3.51. The van der Waals surface area contributed by atoms with E-state index in [2.05, 4.69) is 63.3 Å². The topological polar surface area (TPSA) is 48.9 Å². The summed E-state index contributed by atoms with van der Waals surface area (Å²) >= 11 is 3.51. The van der Waals surface area contributed by atoms with Gasteiger partial charge in [-0.2, -0.15) is 0 Å². The first-order valence-corrected chi connectivity index (χ1v) is 9.27. The summed E-state index contributed by atoms with van der Waals surface area (Å²) in [6.07, 6.45) is 0. The molecule has 1 aromatic rings. The van der Waals surface area contributed by atoms with E-state index in [1.54, 1.807) is 7.11 Å². The molecule has 0 bridgehead atoms. The van der Waals surface area contributed by atoms with Crippen LogP contribution in [0.3, 0.4) is 0 Å². The molecule has 24 heavy (non-hydrogen) atoms. The van der Waals surface area contributed by atoms with Crippen molar-refractivity contribution in [1.82, 2.24) is 15.5 Å². The number of ether oxygens (including phenoxy) is 1. The van der Waals surface area contributed by atoms with Crippen molar-refractivity contribution < 1.29 is 4.74 Å². The lowest BCUT2D eigenvalue weighted by molar-refractivity contribution is 0.265. The molecule has 1 saturated heterocycles. The van der Waals surface area contributed by atoms with Gasteiger partial charge >= 0.3 is 0 Å². The van der Waals surface area contributed by atoms with Crippen LogP contribution in [0.1, 0.15) is 26.3 Å². The number of guanidine groups is 1. The summed E-state index contributed by atoms with van der Waals surface area (Å²) in [6, 6.07) is 7.02. The third-order valence-corrected chi connectivity index (χ3v) is 5.10. The van der Waals surface area contributed by atoms with Gasteiger partial charge in [-0.3, -0.25) is 9.89 Å². The van der Waals surface area contributed by atoms with Gasteiger partial charge in [-0.25, -0.2) is 0 Å². The summed E-state index contributed by atoms with van der Waals surface area (Å²) in [5, 5.41) is 6.97. The molecule has 2 rings (SSSR count). The van der Waals surface area contributed by atoms with Gasteiger partial charge in [0, 0.05) is 48.8 Å². The Morgan fingerprint density at radius 2 is 2.17 bits per heavy atom. The van der Waals surface area contributed by atoms with Crippen molar-refractivity contribution in [3.05, 3.63) is 28.2 Å². The molecule has 134 valence electrons. The van der Waals surface area contributed by atoms with Crippen molar-refractivity contribution in [3.8, 4) is 5.75 Å². The number of hydrogen-bond donors (Lipinski definition) is 2. The molecule has 6 heteroatoms. The maximum atomic E-state index is 5.43. The van der Waals surface area contributed by atoms with Gasteiger partial charge in [-0.15, -0.1) is 0 Å². The highest BCUT2D eigenvalue weighted by Crippen LogP contribution is 2.23. The molecule has 1 aromatic carbocycles. The van der Waals surface area contributed by atoms with Gasteiger partial charge in [-0.1, -0.05) is 22.9 Å². The third kappa shape index (κ3) is 4.86. The van der Waals surface area contributed by atoms with Crippen molar-refractivity contribution in [2.45, 2.75) is 39.4 Å². The molecule has 1 aliphatic heterocycles. The van der Waals surface area contributed by atoms with Crippen LogP contribution in [0.4, 0.5) is 0 Å². The Balaban J connectivity index is 1.95. The number of halogens is 1. The van der Waals surface area contributed by atoms with Crippen molar-refractivity contribution in [3.63, 3.8) is 0 Å². The first-order valence-electron chi connectivity index (χ1n) is 8.48. The highest BCUT2D eigenvalue weighted by molar-refractivity contribution is 9.10. The van der Waals surface area contributed by atoms with Gasteiger partial charge in [0.25, 0.3) is 0 Å². The minimum absolute atomic E-state index is 0.419. The smallest absolute Gasteiger partial charge is 0.191 e. The Kier molecular flexibility index (Phi) is 6.92. The highest BCUT2D eigenvalue weighted by atomic mass is 79.9. The second-order valence-electron chi connectivity index (χ2n) is 6.66. The van der Waals surface area contributed by atoms with Gasteiger partial charge < -0.3 is 15.4 Å². The molecule has 0 amide bonds. The molecular weight excluding hydrogens is 368 g/mol. The van der Waals surface area contributed by atoms with Gasteiger partial charge in [0.05, 0.1) is 7.11 Å². The van der Waals surface area contributed by atoms with E-state index in [1.807, 2.05) is 19.2 Å². The average molecular weight is 397 g/mol. The molecule has 0 spiro atoms. The SMILES string of the molecule is CN=C(NCc1cc(Br)ccc1OC)NC1CN(C(C)C)CC1C. The van der Waals surface area contributed by atoms with Crippen LogP contribution in [0.15, 0.2) is 27.7 Å². The van der Waals surface area contributed by atoms with Crippen molar-refractivity contribution >= 4 is 21.9 Å². The van der Waals surface area contributed by atoms with E-state index < -0.39 is 0 Å². The van der Waals surface area contributed by atoms with Crippen LogP contribution in [0.5, 0.6) is 5.75 Å². The zero-order chi connectivity index (χ0) is 17.7. The monoisotopic (exact) mass is 396 g/mol. The standard InChI is InChI=1S/C18H29BrN4O/c1-12(2)23-10-13(3)16(11-23)22-18(20-4)21-9-14-8-15(19)6-7-17(14)24-5/h6-8,12-13,16H,9-11H2,1-5H3,(H2,20,21,22). The minimum Gasteiger partial charge on any atom is -0.496 e. The number of nitrogens with one attached hydrogen (secondary N) is 2. The summed E-state index contributed by atoms with van der Waals surface area (Å²) in [5.74, 6) is 2.31. The maximum Gasteiger partial charge on any atom is 0.191 e. The molecule has 0 aromatic heterocycles. The lowest BCUT2D eigenvalue weighted by atomic mass is 10.1. The summed E-state index contributed by atoms with van der Waals surface area (Å²) in [4.78, 5) is 6.88. The molecule has 0 aliphatic carbocycles. The van der Waals surface area contributed by atoms with E-state index in [0.717, 1.165) is 34.8 Å². The zero-order valence-electron chi connectivity index (χ0n) is 15.3. The van der Waals surface area contributed by atoms with E-state index in [9.17, 15) is 0 Å². The molecule has 5 nitrogen and oxygen atoms in total. The number of rotatable bonds is 5. The number of methoxy groups -OCH3 is 1. The lowest BCUT2D eigenvalue weighted by Crippen LogP contribution is -2.46. The van der Waals surface area contributed by atoms with E-state index >= 15 is 0 Å². The predicted octanol–water partition coefficient (Wildman–Crippen LogP) is 2.85. The van der Waals surface area contributed by atoms with Crippen molar-refractivity contribution in [2.24, 2.45) is 10.9 Å². The Morgan fingerprint density at radius 3 is 2.75 bits per heavy atom. The number of likely N-dealkylation sites (tertiary alicyclic amines) is 1. The second-order valence-corrected chi connectivity index (χ2v) is 7.57. The summed E-state index contributed by atoms with van der Waals surface area (Å²) < 4.78 is 6.47. The lowest BCUT2D eigenvalue weighted by Gasteiger charge is -2.22. The Bertz CT molecular complexity index is 576. The van der Waals surface area contributed by atoms with E-state index in [0.29, 0.717) is 24.5 Å². The fraction of sp³-hybridized carbons (Fsp3) is 0.611. The number of hydrogen-bond acceptors (Lipinski definition) is 3. The maximum absolute atomic E-state index is 5.43. The van der Waals surface area contributed by atoms with Gasteiger partial charge in [0.1, 0.15) is 5.75 Å². The molecule has 2 unspecified atom stereocenters. The van der Waals surface area contributed by atoms with Crippen LogP contribution in [-0.2, 0) is 6.54 Å². The van der Waals surface area contributed by atoms with Crippen LogP contribution in [0.25, 0.3) is 0 Å². The van der Waals surface area contributed by atoms with Crippen LogP contribution in [0, 0.1) is 5.92 Å². The van der Waals surface area contributed by atoms with Crippen LogP contribution < -0.4 is 15.4 Å². The predicted molar refractivity (Wildman–Crippen MR) is 104 cm³/mol. The summed E-state index contributed by atoms with van der Waals surface area (Å²) in [6.45, 7) is 9.65. The zero-order valence-corrected chi connectivity index (χ0v) is 16.9. The molecule has 0 radical (unpaired) electrons. The minimum atomic E-state index is 0.419. The van der Waals surface area contributed by atoms with Gasteiger partial charge in [0.15, 0.2) is 5.96 Å². The largest absolute Gasteiger partial charge is 0.496 e.